The molecule has 6 nitrogen and oxygen atoms in total. The molecule has 16 heavy (non-hydrogen) atoms. The maximum atomic E-state index is 11.5. The number of amides is 1. The van der Waals surface area contributed by atoms with E-state index in [1.165, 1.54) is 11.3 Å². The van der Waals surface area contributed by atoms with Crippen LogP contribution in [0.4, 0.5) is 5.13 Å². The Morgan fingerprint density at radius 2 is 2.50 bits per heavy atom. The number of nitrogens with zero attached hydrogens (tertiary/aromatic N) is 2. The summed E-state index contributed by atoms with van der Waals surface area (Å²) in [6.45, 7) is 0.518. The van der Waals surface area contributed by atoms with Gasteiger partial charge in [-0.3, -0.25) is 4.79 Å². The van der Waals surface area contributed by atoms with Gasteiger partial charge in [0.25, 0.3) is 5.91 Å². The minimum atomic E-state index is -0.209. The molecule has 2 aromatic heterocycles. The van der Waals surface area contributed by atoms with Crippen LogP contribution >= 0.6 is 11.3 Å². The van der Waals surface area contributed by atoms with Gasteiger partial charge in [-0.1, -0.05) is 0 Å². The fourth-order valence-electron chi connectivity index (χ4n) is 1.21. The van der Waals surface area contributed by atoms with Gasteiger partial charge in [0.1, 0.15) is 11.5 Å². The van der Waals surface area contributed by atoms with Crippen molar-refractivity contribution in [1.82, 2.24) is 20.3 Å². The zero-order valence-corrected chi connectivity index (χ0v) is 9.25. The van der Waals surface area contributed by atoms with Crippen molar-refractivity contribution >= 4 is 22.4 Å². The van der Waals surface area contributed by atoms with E-state index in [-0.39, 0.29) is 5.91 Å². The number of rotatable bonds is 4. The molecule has 0 saturated carbocycles. The van der Waals surface area contributed by atoms with Gasteiger partial charge in [-0.15, -0.1) is 11.3 Å². The molecule has 0 unspecified atom stereocenters. The zero-order valence-electron chi connectivity index (χ0n) is 8.43. The van der Waals surface area contributed by atoms with Crippen LogP contribution in [-0.4, -0.2) is 27.4 Å². The Labute approximate surface area is 95.9 Å². The SMILES string of the molecule is Nc1nc(C(=O)NCCc2ncc[nH]2)cs1. The van der Waals surface area contributed by atoms with Crippen molar-refractivity contribution < 1.29 is 4.79 Å². The van der Waals surface area contributed by atoms with E-state index in [1.807, 2.05) is 0 Å². The number of nitrogen functional groups attached to an aromatic ring is 1. The highest BCUT2D eigenvalue weighted by Crippen LogP contribution is 2.10. The van der Waals surface area contributed by atoms with Crippen LogP contribution in [0.25, 0.3) is 0 Å². The van der Waals surface area contributed by atoms with Gasteiger partial charge in [0.05, 0.1) is 0 Å². The standard InChI is InChI=1S/C9H11N5OS/c10-9-14-6(5-16-9)8(15)13-2-1-7-11-3-4-12-7/h3-5H,1-2H2,(H2,10,14)(H,11,12)(H,13,15). The van der Waals surface area contributed by atoms with Gasteiger partial charge in [-0.25, -0.2) is 9.97 Å². The Morgan fingerprint density at radius 1 is 1.62 bits per heavy atom. The Kier molecular flexibility index (Phi) is 3.16. The fourth-order valence-corrected chi connectivity index (χ4v) is 1.75. The Balaban J connectivity index is 1.80. The summed E-state index contributed by atoms with van der Waals surface area (Å²) in [5, 5.41) is 4.78. The predicted octanol–water partition coefficient (Wildman–Crippen LogP) is 0.421. The van der Waals surface area contributed by atoms with Crippen LogP contribution in [0.3, 0.4) is 0 Å². The van der Waals surface area contributed by atoms with Gasteiger partial charge in [0.15, 0.2) is 5.13 Å². The summed E-state index contributed by atoms with van der Waals surface area (Å²) in [6, 6.07) is 0. The number of nitrogens with two attached hydrogens (primary N) is 1. The summed E-state index contributed by atoms with van der Waals surface area (Å²) < 4.78 is 0. The van der Waals surface area contributed by atoms with Gasteiger partial charge in [0, 0.05) is 30.7 Å². The zero-order chi connectivity index (χ0) is 11.4. The lowest BCUT2D eigenvalue weighted by atomic mass is 10.4. The fraction of sp³-hybridized carbons (Fsp3) is 0.222. The average molecular weight is 237 g/mol. The topological polar surface area (TPSA) is 96.7 Å². The number of carbonyl (C=O) groups is 1. The van der Waals surface area contributed by atoms with E-state index in [9.17, 15) is 4.79 Å². The van der Waals surface area contributed by atoms with E-state index in [1.54, 1.807) is 17.8 Å². The summed E-state index contributed by atoms with van der Waals surface area (Å²) in [4.78, 5) is 22.4. The maximum Gasteiger partial charge on any atom is 0.270 e. The van der Waals surface area contributed by atoms with Crippen molar-refractivity contribution in [2.45, 2.75) is 6.42 Å². The van der Waals surface area contributed by atoms with Crippen LogP contribution in [0.1, 0.15) is 16.3 Å². The highest BCUT2D eigenvalue weighted by atomic mass is 32.1. The van der Waals surface area contributed by atoms with Gasteiger partial charge in [0.2, 0.25) is 0 Å². The number of hydrogen-bond acceptors (Lipinski definition) is 5. The minimum Gasteiger partial charge on any atom is -0.375 e. The smallest absolute Gasteiger partial charge is 0.270 e. The van der Waals surface area contributed by atoms with E-state index in [0.717, 1.165) is 5.82 Å². The lowest BCUT2D eigenvalue weighted by molar-refractivity contribution is 0.0950. The maximum absolute atomic E-state index is 11.5. The second-order valence-corrected chi connectivity index (χ2v) is 4.00. The van der Waals surface area contributed by atoms with Crippen LogP contribution < -0.4 is 11.1 Å². The van der Waals surface area contributed by atoms with Crippen LogP contribution in [0.2, 0.25) is 0 Å². The number of anilines is 1. The Bertz CT molecular complexity index is 464. The van der Waals surface area contributed by atoms with E-state index >= 15 is 0 Å². The normalized spacial score (nSPS) is 10.2. The highest BCUT2D eigenvalue weighted by Gasteiger charge is 2.08. The predicted molar refractivity (Wildman–Crippen MR) is 61.2 cm³/mol. The number of aromatic amines is 1. The molecule has 0 fully saturated rings. The van der Waals surface area contributed by atoms with Crippen molar-refractivity contribution in [2.75, 3.05) is 12.3 Å². The molecule has 0 aromatic carbocycles. The first-order valence-corrected chi connectivity index (χ1v) is 5.61. The largest absolute Gasteiger partial charge is 0.375 e. The summed E-state index contributed by atoms with van der Waals surface area (Å²) in [7, 11) is 0. The number of carbonyl (C=O) groups excluding carboxylic acids is 1. The van der Waals surface area contributed by atoms with Crippen LogP contribution in [0, 0.1) is 0 Å². The van der Waals surface area contributed by atoms with Crippen LogP contribution in [0.5, 0.6) is 0 Å². The molecule has 7 heteroatoms. The van der Waals surface area contributed by atoms with Crippen molar-refractivity contribution in [3.8, 4) is 0 Å². The van der Waals surface area contributed by atoms with Gasteiger partial charge < -0.3 is 16.0 Å². The second kappa shape index (κ2) is 4.75. The summed E-state index contributed by atoms with van der Waals surface area (Å²) >= 11 is 1.25. The Morgan fingerprint density at radius 3 is 3.12 bits per heavy atom. The molecular weight excluding hydrogens is 226 g/mol. The molecule has 0 bridgehead atoms. The quantitative estimate of drug-likeness (QED) is 0.718. The molecule has 4 N–H and O–H groups in total. The molecule has 0 spiro atoms. The molecule has 2 rings (SSSR count). The summed E-state index contributed by atoms with van der Waals surface area (Å²) in [6.07, 6.45) is 4.09. The number of imidazole rings is 1. The Hall–Kier alpha value is -1.89. The molecule has 1 amide bonds. The molecule has 0 aliphatic heterocycles. The van der Waals surface area contributed by atoms with Crippen LogP contribution in [0.15, 0.2) is 17.8 Å². The lowest BCUT2D eigenvalue weighted by Gasteiger charge is -2.00. The van der Waals surface area contributed by atoms with Crippen molar-refractivity contribution in [2.24, 2.45) is 0 Å². The molecule has 2 heterocycles. The molecule has 0 saturated heterocycles. The number of aromatic nitrogens is 3. The van der Waals surface area contributed by atoms with Crippen molar-refractivity contribution in [1.29, 1.82) is 0 Å². The molecule has 0 aliphatic rings. The molecule has 0 radical (unpaired) electrons. The van der Waals surface area contributed by atoms with Crippen molar-refractivity contribution in [3.63, 3.8) is 0 Å². The van der Waals surface area contributed by atoms with E-state index in [2.05, 4.69) is 20.3 Å². The van der Waals surface area contributed by atoms with E-state index < -0.39 is 0 Å². The van der Waals surface area contributed by atoms with Gasteiger partial charge in [-0.2, -0.15) is 0 Å². The molecule has 84 valence electrons. The summed E-state index contributed by atoms with van der Waals surface area (Å²) in [5.41, 5.74) is 5.80. The third-order valence-corrected chi connectivity index (χ3v) is 2.63. The van der Waals surface area contributed by atoms with E-state index in [4.69, 9.17) is 5.73 Å². The average Bonchev–Trinajstić information content (AvgIpc) is 2.89. The number of nitrogens with one attached hydrogen (secondary N) is 2. The first kappa shape index (κ1) is 10.6. The third kappa shape index (κ3) is 2.57. The first-order valence-electron chi connectivity index (χ1n) is 4.73. The van der Waals surface area contributed by atoms with Gasteiger partial charge in [-0.05, 0) is 0 Å². The lowest BCUT2D eigenvalue weighted by Crippen LogP contribution is -2.26. The second-order valence-electron chi connectivity index (χ2n) is 3.11. The molecular formula is C9H11N5OS. The number of H-pyrrole nitrogens is 1. The molecule has 0 aliphatic carbocycles. The van der Waals surface area contributed by atoms with Crippen LogP contribution in [-0.2, 0) is 6.42 Å². The highest BCUT2D eigenvalue weighted by molar-refractivity contribution is 7.13. The number of hydrogen-bond donors (Lipinski definition) is 3. The molecule has 2 aromatic rings. The van der Waals surface area contributed by atoms with E-state index in [0.29, 0.717) is 23.8 Å². The van der Waals surface area contributed by atoms with Crippen molar-refractivity contribution in [3.05, 3.63) is 29.3 Å². The monoisotopic (exact) mass is 237 g/mol. The van der Waals surface area contributed by atoms with Gasteiger partial charge >= 0.3 is 0 Å². The number of thiazole rings is 1. The first-order chi connectivity index (χ1) is 7.75. The minimum absolute atomic E-state index is 0.209. The third-order valence-electron chi connectivity index (χ3n) is 1.96. The molecule has 0 atom stereocenters. The summed E-state index contributed by atoms with van der Waals surface area (Å²) in [5.74, 6) is 0.637.